The number of piperazine rings is 1. The van der Waals surface area contributed by atoms with Gasteiger partial charge in [0.2, 0.25) is 10.0 Å². The van der Waals surface area contributed by atoms with E-state index >= 15 is 0 Å². The lowest BCUT2D eigenvalue weighted by atomic mass is 10.2. The van der Waals surface area contributed by atoms with E-state index in [2.05, 4.69) is 5.32 Å². The van der Waals surface area contributed by atoms with Crippen LogP contribution in [0.1, 0.15) is 25.0 Å². The van der Waals surface area contributed by atoms with Gasteiger partial charge < -0.3 is 5.32 Å². The fourth-order valence-electron chi connectivity index (χ4n) is 2.54. The summed E-state index contributed by atoms with van der Waals surface area (Å²) in [6.45, 7) is 4.94. The van der Waals surface area contributed by atoms with Gasteiger partial charge in [-0.1, -0.05) is 12.1 Å². The molecule has 1 N–H and O–H groups in total. The van der Waals surface area contributed by atoms with Gasteiger partial charge in [-0.15, -0.1) is 0 Å². The summed E-state index contributed by atoms with van der Waals surface area (Å²) in [5, 5.41) is 12.2. The number of nitrogens with zero attached hydrogens (tertiary/aromatic N) is 2. The van der Waals surface area contributed by atoms with Crippen LogP contribution in [0.15, 0.2) is 24.3 Å². The zero-order valence-electron chi connectivity index (χ0n) is 11.7. The second kappa shape index (κ2) is 5.92. The second-order valence-corrected chi connectivity index (χ2v) is 7.32. The molecule has 1 fully saturated rings. The van der Waals surface area contributed by atoms with Crippen molar-refractivity contribution in [1.82, 2.24) is 9.62 Å². The van der Waals surface area contributed by atoms with Gasteiger partial charge in [0, 0.05) is 25.2 Å². The summed E-state index contributed by atoms with van der Waals surface area (Å²) in [7, 11) is -3.34. The molecule has 0 amide bonds. The third kappa shape index (κ3) is 3.57. The predicted octanol–water partition coefficient (Wildman–Crippen LogP) is 1.07. The van der Waals surface area contributed by atoms with Crippen molar-refractivity contribution in [3.8, 4) is 6.07 Å². The number of hydrogen-bond acceptors (Lipinski definition) is 4. The first-order valence-corrected chi connectivity index (χ1v) is 8.24. The molecule has 1 heterocycles. The summed E-state index contributed by atoms with van der Waals surface area (Å²) in [6.07, 6.45) is 0. The molecule has 1 aromatic rings. The summed E-state index contributed by atoms with van der Waals surface area (Å²) in [5.74, 6) is -0.0536. The smallest absolute Gasteiger partial charge is 0.218 e. The lowest BCUT2D eigenvalue weighted by Gasteiger charge is -2.35. The molecular formula is C14H19N3O2S. The Kier molecular flexibility index (Phi) is 4.43. The van der Waals surface area contributed by atoms with Gasteiger partial charge in [0.05, 0.1) is 17.4 Å². The standard InChI is InChI=1S/C14H19N3O2S/c1-11-8-17(9-12(2)16-11)20(18,19)10-14-5-3-4-13(6-14)7-15/h3-6,11-12,16H,8-10H2,1-2H3/t11-,12+. The quantitative estimate of drug-likeness (QED) is 0.905. The molecule has 0 spiro atoms. The van der Waals surface area contributed by atoms with E-state index in [1.807, 2.05) is 19.9 Å². The van der Waals surface area contributed by atoms with Crippen molar-refractivity contribution < 1.29 is 8.42 Å². The van der Waals surface area contributed by atoms with Crippen LogP contribution in [-0.4, -0.2) is 37.9 Å². The highest BCUT2D eigenvalue weighted by Gasteiger charge is 2.30. The van der Waals surface area contributed by atoms with Gasteiger partial charge in [-0.05, 0) is 31.5 Å². The number of hydrogen-bond donors (Lipinski definition) is 1. The minimum Gasteiger partial charge on any atom is -0.309 e. The van der Waals surface area contributed by atoms with Crippen molar-refractivity contribution in [2.45, 2.75) is 31.7 Å². The molecule has 0 aromatic heterocycles. The number of benzene rings is 1. The average Bonchev–Trinajstić information content (AvgIpc) is 2.37. The topological polar surface area (TPSA) is 73.2 Å². The largest absolute Gasteiger partial charge is 0.309 e. The maximum Gasteiger partial charge on any atom is 0.218 e. The lowest BCUT2D eigenvalue weighted by molar-refractivity contribution is 0.262. The Labute approximate surface area is 120 Å². The van der Waals surface area contributed by atoms with Crippen molar-refractivity contribution in [2.24, 2.45) is 0 Å². The highest BCUT2D eigenvalue weighted by molar-refractivity contribution is 7.88. The molecule has 0 saturated carbocycles. The number of sulfonamides is 1. The molecule has 1 saturated heterocycles. The third-order valence-corrected chi connectivity index (χ3v) is 5.11. The molecule has 2 rings (SSSR count). The molecule has 2 atom stereocenters. The molecular weight excluding hydrogens is 274 g/mol. The Bertz CT molecular complexity index is 612. The van der Waals surface area contributed by atoms with Crippen LogP contribution >= 0.6 is 0 Å². The molecule has 20 heavy (non-hydrogen) atoms. The van der Waals surface area contributed by atoms with Crippen LogP contribution in [0.25, 0.3) is 0 Å². The van der Waals surface area contributed by atoms with Gasteiger partial charge in [0.25, 0.3) is 0 Å². The SMILES string of the molecule is C[C@@H]1CN(S(=O)(=O)Cc2cccc(C#N)c2)C[C@H](C)N1. The Morgan fingerprint density at radius 1 is 1.35 bits per heavy atom. The van der Waals surface area contributed by atoms with E-state index in [1.165, 1.54) is 4.31 Å². The van der Waals surface area contributed by atoms with Crippen LogP contribution < -0.4 is 5.32 Å². The number of rotatable bonds is 3. The minimum atomic E-state index is -3.34. The Morgan fingerprint density at radius 3 is 2.60 bits per heavy atom. The van der Waals surface area contributed by atoms with Crippen LogP contribution in [0.3, 0.4) is 0 Å². The first-order valence-electron chi connectivity index (χ1n) is 6.63. The van der Waals surface area contributed by atoms with Gasteiger partial charge in [0.15, 0.2) is 0 Å². The maximum atomic E-state index is 12.5. The summed E-state index contributed by atoms with van der Waals surface area (Å²) in [5.41, 5.74) is 1.14. The van der Waals surface area contributed by atoms with Gasteiger partial charge >= 0.3 is 0 Å². The fourth-order valence-corrected chi connectivity index (χ4v) is 4.22. The molecule has 1 aliphatic heterocycles. The molecule has 0 aliphatic carbocycles. The van der Waals surface area contributed by atoms with Crippen LogP contribution in [0.5, 0.6) is 0 Å². The van der Waals surface area contributed by atoms with Crippen LogP contribution in [0.2, 0.25) is 0 Å². The van der Waals surface area contributed by atoms with Crippen molar-refractivity contribution in [3.05, 3.63) is 35.4 Å². The van der Waals surface area contributed by atoms with E-state index in [4.69, 9.17) is 5.26 Å². The van der Waals surface area contributed by atoms with E-state index in [9.17, 15) is 8.42 Å². The minimum absolute atomic E-state index is 0.0536. The molecule has 108 valence electrons. The number of nitrogens with one attached hydrogen (secondary N) is 1. The molecule has 1 aromatic carbocycles. The normalized spacial score (nSPS) is 24.2. The van der Waals surface area contributed by atoms with Crippen molar-refractivity contribution in [2.75, 3.05) is 13.1 Å². The van der Waals surface area contributed by atoms with Crippen LogP contribution in [-0.2, 0) is 15.8 Å². The van der Waals surface area contributed by atoms with Crippen LogP contribution in [0, 0.1) is 11.3 Å². The summed E-state index contributed by atoms with van der Waals surface area (Å²) < 4.78 is 26.5. The monoisotopic (exact) mass is 293 g/mol. The summed E-state index contributed by atoms with van der Waals surface area (Å²) in [6, 6.07) is 9.09. The van der Waals surface area contributed by atoms with Gasteiger partial charge in [-0.2, -0.15) is 9.57 Å². The highest BCUT2D eigenvalue weighted by Crippen LogP contribution is 2.15. The van der Waals surface area contributed by atoms with E-state index in [0.29, 0.717) is 24.2 Å². The van der Waals surface area contributed by atoms with Crippen molar-refractivity contribution in [1.29, 1.82) is 5.26 Å². The average molecular weight is 293 g/mol. The van der Waals surface area contributed by atoms with E-state index in [-0.39, 0.29) is 17.8 Å². The number of nitriles is 1. The van der Waals surface area contributed by atoms with Crippen molar-refractivity contribution in [3.63, 3.8) is 0 Å². The third-order valence-electron chi connectivity index (χ3n) is 3.32. The summed E-state index contributed by atoms with van der Waals surface area (Å²) in [4.78, 5) is 0. The Morgan fingerprint density at radius 2 is 2.00 bits per heavy atom. The molecule has 0 bridgehead atoms. The van der Waals surface area contributed by atoms with Crippen LogP contribution in [0.4, 0.5) is 0 Å². The van der Waals surface area contributed by atoms with E-state index in [1.54, 1.807) is 24.3 Å². The predicted molar refractivity (Wildman–Crippen MR) is 77.4 cm³/mol. The molecule has 6 heteroatoms. The van der Waals surface area contributed by atoms with Crippen molar-refractivity contribution >= 4 is 10.0 Å². The first-order chi connectivity index (χ1) is 9.40. The fraction of sp³-hybridized carbons (Fsp3) is 0.500. The molecule has 0 unspecified atom stereocenters. The summed E-state index contributed by atoms with van der Waals surface area (Å²) >= 11 is 0. The lowest BCUT2D eigenvalue weighted by Crippen LogP contribution is -2.55. The molecule has 1 aliphatic rings. The first kappa shape index (κ1) is 15.0. The molecule has 0 radical (unpaired) electrons. The Hall–Kier alpha value is -1.42. The van der Waals surface area contributed by atoms with Gasteiger partial charge in [-0.25, -0.2) is 8.42 Å². The molecule has 5 nitrogen and oxygen atoms in total. The van der Waals surface area contributed by atoms with E-state index < -0.39 is 10.0 Å². The zero-order valence-corrected chi connectivity index (χ0v) is 12.5. The van der Waals surface area contributed by atoms with E-state index in [0.717, 1.165) is 0 Å². The second-order valence-electron chi connectivity index (χ2n) is 5.35. The van der Waals surface area contributed by atoms with Gasteiger partial charge in [0.1, 0.15) is 0 Å². The Balaban J connectivity index is 2.16. The van der Waals surface area contributed by atoms with Gasteiger partial charge in [-0.3, -0.25) is 0 Å². The highest BCUT2D eigenvalue weighted by atomic mass is 32.2. The zero-order chi connectivity index (χ0) is 14.8. The maximum absolute atomic E-state index is 12.5.